The van der Waals surface area contributed by atoms with Gasteiger partial charge in [0.1, 0.15) is 0 Å². The van der Waals surface area contributed by atoms with Gasteiger partial charge in [-0.05, 0) is 27.2 Å². The molecule has 0 saturated heterocycles. The quantitative estimate of drug-likeness (QED) is 0.603. The molecular formula is C17H27N5S2. The molecule has 0 aliphatic rings. The molecule has 2 heterocycles. The van der Waals surface area contributed by atoms with Crippen molar-refractivity contribution < 1.29 is 0 Å². The van der Waals surface area contributed by atoms with Crippen LogP contribution in [0.15, 0.2) is 10.4 Å². The van der Waals surface area contributed by atoms with Crippen LogP contribution in [0.4, 0.5) is 0 Å². The molecular weight excluding hydrogens is 338 g/mol. The number of nitrogens with zero attached hydrogens (tertiary/aromatic N) is 4. The van der Waals surface area contributed by atoms with Crippen LogP contribution in [0.25, 0.3) is 0 Å². The van der Waals surface area contributed by atoms with E-state index < -0.39 is 0 Å². The molecule has 0 radical (unpaired) electrons. The van der Waals surface area contributed by atoms with Gasteiger partial charge in [0.05, 0.1) is 27.9 Å². The predicted molar refractivity (Wildman–Crippen MR) is 104 cm³/mol. The molecule has 2 rings (SSSR count). The Morgan fingerprint density at radius 2 is 2.08 bits per heavy atom. The van der Waals surface area contributed by atoms with Gasteiger partial charge in [-0.25, -0.2) is 9.97 Å². The molecule has 0 aliphatic heterocycles. The first-order valence-electron chi connectivity index (χ1n) is 8.39. The van der Waals surface area contributed by atoms with Gasteiger partial charge in [0, 0.05) is 36.8 Å². The van der Waals surface area contributed by atoms with Crippen LogP contribution >= 0.6 is 22.7 Å². The van der Waals surface area contributed by atoms with E-state index in [9.17, 15) is 0 Å². The SMILES string of the molecule is CCNC(=NCCc1nc(CC)c(C)s1)N(C)Cc1csc(C)n1. The van der Waals surface area contributed by atoms with Crippen LogP contribution < -0.4 is 5.32 Å². The molecule has 0 spiro atoms. The Morgan fingerprint density at radius 1 is 1.29 bits per heavy atom. The molecule has 0 aromatic carbocycles. The zero-order valence-electron chi connectivity index (χ0n) is 15.2. The van der Waals surface area contributed by atoms with Crippen LogP contribution in [-0.2, 0) is 19.4 Å². The van der Waals surface area contributed by atoms with E-state index in [-0.39, 0.29) is 0 Å². The van der Waals surface area contributed by atoms with Gasteiger partial charge < -0.3 is 10.2 Å². The number of hydrogen-bond acceptors (Lipinski definition) is 5. The van der Waals surface area contributed by atoms with Crippen molar-refractivity contribution in [3.63, 3.8) is 0 Å². The average molecular weight is 366 g/mol. The van der Waals surface area contributed by atoms with Gasteiger partial charge in [-0.15, -0.1) is 22.7 Å². The minimum atomic E-state index is 0.749. The second kappa shape index (κ2) is 9.13. The number of thiazole rings is 2. The minimum absolute atomic E-state index is 0.749. The number of guanidine groups is 1. The first-order valence-corrected chi connectivity index (χ1v) is 10.1. The summed E-state index contributed by atoms with van der Waals surface area (Å²) in [6, 6.07) is 0. The summed E-state index contributed by atoms with van der Waals surface area (Å²) in [6.45, 7) is 10.8. The highest BCUT2D eigenvalue weighted by molar-refractivity contribution is 7.11. The van der Waals surface area contributed by atoms with Crippen LogP contribution in [0.2, 0.25) is 0 Å². The molecule has 0 saturated carbocycles. The van der Waals surface area contributed by atoms with E-state index in [0.29, 0.717) is 0 Å². The maximum atomic E-state index is 4.75. The van der Waals surface area contributed by atoms with Crippen LogP contribution in [0.1, 0.15) is 40.1 Å². The third-order valence-electron chi connectivity index (χ3n) is 3.62. The lowest BCUT2D eigenvalue weighted by atomic mass is 10.3. The van der Waals surface area contributed by atoms with Crippen molar-refractivity contribution in [2.75, 3.05) is 20.1 Å². The van der Waals surface area contributed by atoms with Gasteiger partial charge in [0.2, 0.25) is 0 Å². The van der Waals surface area contributed by atoms with Crippen LogP contribution in [0.5, 0.6) is 0 Å². The average Bonchev–Trinajstić information content (AvgIpc) is 3.11. The van der Waals surface area contributed by atoms with E-state index in [1.165, 1.54) is 15.6 Å². The molecule has 2 aromatic rings. The first kappa shape index (κ1) is 18.9. The standard InChI is InChI=1S/C17H27N5S2/c1-6-15-12(3)24-16(21-15)8-9-19-17(18-7-2)22(5)10-14-11-23-13(4)20-14/h11H,6-10H2,1-5H3,(H,18,19). The summed E-state index contributed by atoms with van der Waals surface area (Å²) in [5.41, 5.74) is 2.32. The Labute approximate surface area is 152 Å². The second-order valence-electron chi connectivity index (χ2n) is 5.66. The maximum absolute atomic E-state index is 4.75. The van der Waals surface area contributed by atoms with Gasteiger partial charge in [-0.3, -0.25) is 4.99 Å². The van der Waals surface area contributed by atoms with Gasteiger partial charge in [0.15, 0.2) is 5.96 Å². The molecule has 0 bridgehead atoms. The first-order chi connectivity index (χ1) is 11.5. The van der Waals surface area contributed by atoms with E-state index in [4.69, 9.17) is 9.98 Å². The monoisotopic (exact) mass is 365 g/mol. The molecule has 0 amide bonds. The highest BCUT2D eigenvalue weighted by Crippen LogP contribution is 2.18. The summed E-state index contributed by atoms with van der Waals surface area (Å²) >= 11 is 3.48. The van der Waals surface area contributed by atoms with Crippen LogP contribution in [-0.4, -0.2) is 41.0 Å². The zero-order valence-corrected chi connectivity index (χ0v) is 16.9. The normalized spacial score (nSPS) is 11.8. The summed E-state index contributed by atoms with van der Waals surface area (Å²) in [6.07, 6.45) is 1.90. The predicted octanol–water partition coefficient (Wildman–Crippen LogP) is 3.42. The Hall–Kier alpha value is -1.47. The van der Waals surface area contributed by atoms with Crippen molar-refractivity contribution >= 4 is 28.6 Å². The largest absolute Gasteiger partial charge is 0.357 e. The molecule has 7 heteroatoms. The molecule has 1 N–H and O–H groups in total. The smallest absolute Gasteiger partial charge is 0.194 e. The van der Waals surface area contributed by atoms with Gasteiger partial charge in [-0.2, -0.15) is 0 Å². The number of nitrogens with one attached hydrogen (secondary N) is 1. The van der Waals surface area contributed by atoms with E-state index in [2.05, 4.69) is 48.4 Å². The number of rotatable bonds is 7. The van der Waals surface area contributed by atoms with Gasteiger partial charge >= 0.3 is 0 Å². The van der Waals surface area contributed by atoms with Crippen molar-refractivity contribution in [1.29, 1.82) is 0 Å². The van der Waals surface area contributed by atoms with E-state index in [1.807, 2.05) is 6.92 Å². The summed E-state index contributed by atoms with van der Waals surface area (Å²) in [7, 11) is 2.05. The Bertz CT molecular complexity index is 674. The molecule has 0 aliphatic carbocycles. The van der Waals surface area contributed by atoms with E-state index in [1.54, 1.807) is 22.7 Å². The second-order valence-corrected chi connectivity index (χ2v) is 8.01. The maximum Gasteiger partial charge on any atom is 0.194 e. The highest BCUT2D eigenvalue weighted by atomic mass is 32.1. The Balaban J connectivity index is 1.96. The molecule has 0 fully saturated rings. The summed E-state index contributed by atoms with van der Waals surface area (Å²) < 4.78 is 0. The van der Waals surface area contributed by atoms with Crippen molar-refractivity contribution in [3.8, 4) is 0 Å². The Kier molecular flexibility index (Phi) is 7.17. The third-order valence-corrected chi connectivity index (χ3v) is 5.52. The fourth-order valence-electron chi connectivity index (χ4n) is 2.45. The lowest BCUT2D eigenvalue weighted by Gasteiger charge is -2.21. The molecule has 0 atom stereocenters. The lowest BCUT2D eigenvalue weighted by molar-refractivity contribution is 0.471. The molecule has 0 unspecified atom stereocenters. The van der Waals surface area contributed by atoms with Crippen molar-refractivity contribution in [2.24, 2.45) is 4.99 Å². The zero-order chi connectivity index (χ0) is 17.5. The molecule has 2 aromatic heterocycles. The van der Waals surface area contributed by atoms with Gasteiger partial charge in [-0.1, -0.05) is 6.92 Å². The van der Waals surface area contributed by atoms with Gasteiger partial charge in [0.25, 0.3) is 0 Å². The third kappa shape index (κ3) is 5.27. The summed E-state index contributed by atoms with van der Waals surface area (Å²) in [4.78, 5) is 17.4. The van der Waals surface area contributed by atoms with Crippen LogP contribution in [0.3, 0.4) is 0 Å². The number of aromatic nitrogens is 2. The summed E-state index contributed by atoms with van der Waals surface area (Å²) in [5.74, 6) is 0.923. The molecule has 24 heavy (non-hydrogen) atoms. The number of aliphatic imine (C=N–C) groups is 1. The fourth-order valence-corrected chi connectivity index (χ4v) is 4.06. The van der Waals surface area contributed by atoms with Crippen molar-refractivity contribution in [3.05, 3.63) is 31.7 Å². The lowest BCUT2D eigenvalue weighted by Crippen LogP contribution is -2.38. The topological polar surface area (TPSA) is 53.4 Å². The Morgan fingerprint density at radius 3 is 2.67 bits per heavy atom. The molecule has 132 valence electrons. The van der Waals surface area contributed by atoms with Crippen LogP contribution in [0, 0.1) is 13.8 Å². The molecule has 5 nitrogen and oxygen atoms in total. The van der Waals surface area contributed by atoms with E-state index in [0.717, 1.165) is 49.1 Å². The van der Waals surface area contributed by atoms with Crippen molar-refractivity contribution in [1.82, 2.24) is 20.2 Å². The fraction of sp³-hybridized carbons (Fsp3) is 0.588. The summed E-state index contributed by atoms with van der Waals surface area (Å²) in [5, 5.41) is 7.75. The van der Waals surface area contributed by atoms with E-state index >= 15 is 0 Å². The van der Waals surface area contributed by atoms with Crippen molar-refractivity contribution in [2.45, 2.75) is 47.1 Å². The highest BCUT2D eigenvalue weighted by Gasteiger charge is 2.09. The number of hydrogen-bond donors (Lipinski definition) is 1. The number of aryl methyl sites for hydroxylation is 3. The minimum Gasteiger partial charge on any atom is -0.357 e.